The third kappa shape index (κ3) is 4.91. The summed E-state index contributed by atoms with van der Waals surface area (Å²) in [5.74, 6) is 5.36. The van der Waals surface area contributed by atoms with Crippen molar-refractivity contribution in [3.05, 3.63) is 106 Å². The van der Waals surface area contributed by atoms with E-state index in [1.54, 1.807) is 25.1 Å². The van der Waals surface area contributed by atoms with Crippen LogP contribution in [0.5, 0.6) is 0 Å². The van der Waals surface area contributed by atoms with Crippen LogP contribution in [0.1, 0.15) is 48.1 Å². The number of nitrogens with one attached hydrogen (secondary N) is 1. The number of carbonyl (C=O) groups is 1. The topological polar surface area (TPSA) is 92.4 Å². The number of fused-ring (bicyclic) bond motifs is 1. The normalized spacial score (nSPS) is 15.6. The molecule has 1 saturated carbocycles. The molecule has 4 aromatic rings. The number of aliphatic hydroxyl groups is 1. The van der Waals surface area contributed by atoms with E-state index in [2.05, 4.69) is 34.4 Å². The van der Waals surface area contributed by atoms with E-state index in [-0.39, 0.29) is 11.8 Å². The molecular weight excluding hydrogens is 464 g/mol. The van der Waals surface area contributed by atoms with Crippen LogP contribution in [0.2, 0.25) is 0 Å². The van der Waals surface area contributed by atoms with Gasteiger partial charge in [-0.15, -0.1) is 0 Å². The monoisotopic (exact) mass is 492 g/mol. The second-order valence-electron chi connectivity index (χ2n) is 9.93. The molecule has 1 amide bonds. The number of aryl methyl sites for hydroxylation is 2. The molecule has 2 N–H and O–H groups in total. The number of aromatic nitrogens is 1. The molecule has 0 spiro atoms. The van der Waals surface area contributed by atoms with E-state index >= 15 is 0 Å². The maximum Gasteiger partial charge on any atom is 0.366 e. The van der Waals surface area contributed by atoms with Gasteiger partial charge in [0.15, 0.2) is 0 Å². The van der Waals surface area contributed by atoms with Gasteiger partial charge in [0.05, 0.1) is 11.1 Å². The quantitative estimate of drug-likeness (QED) is 0.381. The first-order chi connectivity index (χ1) is 17.8. The van der Waals surface area contributed by atoms with Crippen molar-refractivity contribution >= 4 is 22.4 Å². The first kappa shape index (κ1) is 24.5. The largest absolute Gasteiger partial charge is 0.369 e. The molecule has 0 radical (unpaired) electrons. The van der Waals surface area contributed by atoms with Crippen molar-refractivity contribution in [2.45, 2.75) is 50.5 Å². The maximum absolute atomic E-state index is 13.7. The van der Waals surface area contributed by atoms with Gasteiger partial charge in [-0.3, -0.25) is 4.79 Å². The Hall–Kier alpha value is -4.21. The molecule has 1 aliphatic carbocycles. The van der Waals surface area contributed by atoms with Crippen LogP contribution >= 0.6 is 0 Å². The van der Waals surface area contributed by atoms with Crippen LogP contribution in [-0.4, -0.2) is 21.8 Å². The molecule has 1 heterocycles. The van der Waals surface area contributed by atoms with E-state index < -0.39 is 17.1 Å². The van der Waals surface area contributed by atoms with Crippen molar-refractivity contribution in [1.82, 2.24) is 5.16 Å². The molecule has 6 heteroatoms. The highest BCUT2D eigenvalue weighted by Crippen LogP contribution is 2.49. The molecule has 37 heavy (non-hydrogen) atoms. The molecule has 6 nitrogen and oxygen atoms in total. The van der Waals surface area contributed by atoms with E-state index in [4.69, 9.17) is 4.52 Å². The number of benzene rings is 3. The Morgan fingerprint density at radius 1 is 1.05 bits per heavy atom. The van der Waals surface area contributed by atoms with Gasteiger partial charge in [0.25, 0.3) is 5.91 Å². The lowest BCUT2D eigenvalue weighted by Crippen LogP contribution is -2.50. The Kier molecular flexibility index (Phi) is 6.41. The molecule has 5 rings (SSSR count). The lowest BCUT2D eigenvalue weighted by Gasteiger charge is -2.45. The summed E-state index contributed by atoms with van der Waals surface area (Å²) in [6.45, 7) is 3.70. The number of nitrogens with zero attached hydrogens (tertiary/aromatic N) is 1. The van der Waals surface area contributed by atoms with Crippen LogP contribution in [0.25, 0.3) is 10.8 Å². The van der Waals surface area contributed by atoms with Crippen LogP contribution in [0.3, 0.4) is 0 Å². The van der Waals surface area contributed by atoms with Crippen molar-refractivity contribution < 1.29 is 14.4 Å². The van der Waals surface area contributed by atoms with Gasteiger partial charge >= 0.3 is 5.63 Å². The van der Waals surface area contributed by atoms with Crippen molar-refractivity contribution in [3.63, 3.8) is 0 Å². The Labute approximate surface area is 215 Å². The van der Waals surface area contributed by atoms with E-state index in [9.17, 15) is 14.7 Å². The molecule has 1 atom stereocenters. The average molecular weight is 493 g/mol. The zero-order chi connectivity index (χ0) is 26.0. The minimum atomic E-state index is -1.95. The Bertz CT molecular complexity index is 1590. The first-order valence-electron chi connectivity index (χ1n) is 12.4. The molecule has 1 fully saturated rings. The summed E-state index contributed by atoms with van der Waals surface area (Å²) in [4.78, 5) is 25.7. The van der Waals surface area contributed by atoms with Crippen LogP contribution < -0.4 is 10.9 Å². The van der Waals surface area contributed by atoms with Gasteiger partial charge in [0.1, 0.15) is 0 Å². The Morgan fingerprint density at radius 2 is 1.84 bits per heavy atom. The van der Waals surface area contributed by atoms with Crippen molar-refractivity contribution in [3.8, 4) is 11.8 Å². The molecule has 1 aliphatic rings. The lowest BCUT2D eigenvalue weighted by molar-refractivity contribution is -0.131. The number of anilines is 1. The Morgan fingerprint density at radius 3 is 2.54 bits per heavy atom. The Balaban J connectivity index is 1.52. The number of hydrogen-bond donors (Lipinski definition) is 2. The van der Waals surface area contributed by atoms with E-state index in [1.165, 1.54) is 0 Å². The zero-order valence-corrected chi connectivity index (χ0v) is 20.9. The highest BCUT2D eigenvalue weighted by molar-refractivity contribution is 6.01. The lowest BCUT2D eigenvalue weighted by atomic mass is 9.59. The average Bonchev–Trinajstić information content (AvgIpc) is 2.88. The minimum absolute atomic E-state index is 0.173. The fourth-order valence-corrected chi connectivity index (χ4v) is 5.07. The maximum atomic E-state index is 13.7. The number of carbonyl (C=O) groups excluding carboxylic acids is 1. The second-order valence-corrected chi connectivity index (χ2v) is 9.93. The molecule has 0 bridgehead atoms. The summed E-state index contributed by atoms with van der Waals surface area (Å²) in [6.07, 6.45) is 2.94. The van der Waals surface area contributed by atoms with E-state index in [0.717, 1.165) is 36.0 Å². The second kappa shape index (κ2) is 9.68. The van der Waals surface area contributed by atoms with Crippen LogP contribution in [0.4, 0.5) is 5.69 Å². The van der Waals surface area contributed by atoms with E-state index in [1.807, 2.05) is 49.4 Å². The number of hydrogen-bond acceptors (Lipinski definition) is 5. The zero-order valence-electron chi connectivity index (χ0n) is 20.9. The third-order valence-corrected chi connectivity index (χ3v) is 7.25. The number of amides is 1. The standard InChI is InChI=1S/C31H28N2O4/c1-21-8-6-9-23(18-21)14-17-31(36,20-30(15-7-16-30)24-10-4-3-5-11-24)29(35)32-25-12-13-26-27(19-25)22(2)33-37-28(26)34/h3-6,8-13,18-19,36H,7,15-16,20H2,1-2H3,(H,32,35). The van der Waals surface area contributed by atoms with Crippen LogP contribution in [-0.2, 0) is 10.2 Å². The summed E-state index contributed by atoms with van der Waals surface area (Å²) in [5.41, 5.74) is 1.01. The molecule has 1 aromatic heterocycles. The summed E-state index contributed by atoms with van der Waals surface area (Å²) in [6, 6.07) is 22.5. The van der Waals surface area contributed by atoms with Gasteiger partial charge in [0.2, 0.25) is 5.60 Å². The fourth-order valence-electron chi connectivity index (χ4n) is 5.07. The van der Waals surface area contributed by atoms with Gasteiger partial charge in [-0.25, -0.2) is 4.79 Å². The predicted octanol–water partition coefficient (Wildman–Crippen LogP) is 5.04. The summed E-state index contributed by atoms with van der Waals surface area (Å²) in [7, 11) is 0. The van der Waals surface area contributed by atoms with E-state index in [0.29, 0.717) is 22.2 Å². The summed E-state index contributed by atoms with van der Waals surface area (Å²) in [5, 5.41) is 19.4. The smallest absolute Gasteiger partial charge is 0.366 e. The van der Waals surface area contributed by atoms with Gasteiger partial charge in [-0.2, -0.15) is 0 Å². The predicted molar refractivity (Wildman–Crippen MR) is 143 cm³/mol. The van der Waals surface area contributed by atoms with Crippen molar-refractivity contribution in [2.24, 2.45) is 0 Å². The van der Waals surface area contributed by atoms with Gasteiger partial charge < -0.3 is 14.9 Å². The molecule has 3 aromatic carbocycles. The highest BCUT2D eigenvalue weighted by atomic mass is 16.5. The van der Waals surface area contributed by atoms with Crippen molar-refractivity contribution in [2.75, 3.05) is 5.32 Å². The SMILES string of the molecule is Cc1cccc(C#CC(O)(CC2(c3ccccc3)CCC2)C(=O)Nc2ccc3c(=O)onc(C)c3c2)c1. The molecular formula is C31H28N2O4. The molecule has 0 aliphatic heterocycles. The van der Waals surface area contributed by atoms with Crippen molar-refractivity contribution in [1.29, 1.82) is 0 Å². The molecule has 1 unspecified atom stereocenters. The fraction of sp³-hybridized carbons (Fsp3) is 0.258. The molecule has 186 valence electrons. The summed E-state index contributed by atoms with van der Waals surface area (Å²) >= 11 is 0. The third-order valence-electron chi connectivity index (χ3n) is 7.25. The minimum Gasteiger partial charge on any atom is -0.369 e. The number of rotatable bonds is 5. The first-order valence-corrected chi connectivity index (χ1v) is 12.4. The summed E-state index contributed by atoms with van der Waals surface area (Å²) < 4.78 is 4.79. The van der Waals surface area contributed by atoms with Gasteiger partial charge in [-0.05, 0) is 73.6 Å². The highest BCUT2D eigenvalue weighted by Gasteiger charge is 2.48. The van der Waals surface area contributed by atoms with Gasteiger partial charge in [-0.1, -0.05) is 65.9 Å². The van der Waals surface area contributed by atoms with Crippen LogP contribution in [0.15, 0.2) is 82.1 Å². The van der Waals surface area contributed by atoms with Gasteiger partial charge in [0, 0.05) is 23.1 Å². The molecule has 0 saturated heterocycles. The van der Waals surface area contributed by atoms with Crippen LogP contribution in [0, 0.1) is 25.7 Å².